The van der Waals surface area contributed by atoms with E-state index in [2.05, 4.69) is 62.1 Å². The molecule has 4 heteroatoms. The lowest BCUT2D eigenvalue weighted by molar-refractivity contribution is 0.103. The van der Waals surface area contributed by atoms with Gasteiger partial charge in [-0.15, -0.1) is 0 Å². The van der Waals surface area contributed by atoms with Gasteiger partial charge in [-0.1, -0.05) is 54.6 Å². The summed E-state index contributed by atoms with van der Waals surface area (Å²) in [4.78, 5) is 16.1. The van der Waals surface area contributed by atoms with E-state index in [1.807, 2.05) is 67.6 Å². The number of carbonyl (C=O) groups excluding carboxylic acids is 1. The lowest BCUT2D eigenvalue weighted by Gasteiger charge is -2.25. The van der Waals surface area contributed by atoms with Crippen LogP contribution >= 0.6 is 0 Å². The molecule has 3 aliphatic rings. The first-order valence-electron chi connectivity index (χ1n) is 13.9. The minimum Gasteiger partial charge on any atom is -0.462 e. The molecule has 0 radical (unpaired) electrons. The molecular weight excluding hydrogens is 494 g/mol. The van der Waals surface area contributed by atoms with Gasteiger partial charge in [0, 0.05) is 53.5 Å². The van der Waals surface area contributed by atoms with Gasteiger partial charge in [0.25, 0.3) is 0 Å². The third kappa shape index (κ3) is 4.60. The Morgan fingerprint density at radius 3 is 2.35 bits per heavy atom. The van der Waals surface area contributed by atoms with Crippen LogP contribution in [0.3, 0.4) is 0 Å². The fraction of sp³-hybridized carbons (Fsp3) is 0.194. The molecule has 2 aliphatic heterocycles. The van der Waals surface area contributed by atoms with Crippen LogP contribution in [0.4, 0.5) is 5.69 Å². The van der Waals surface area contributed by atoms with Crippen molar-refractivity contribution in [2.75, 3.05) is 18.0 Å². The molecule has 40 heavy (non-hydrogen) atoms. The van der Waals surface area contributed by atoms with Gasteiger partial charge in [-0.25, -0.2) is 0 Å². The Hall–Kier alpha value is -4.57. The van der Waals surface area contributed by atoms with Crippen LogP contribution < -0.4 is 9.64 Å². The van der Waals surface area contributed by atoms with Crippen molar-refractivity contribution in [3.8, 4) is 5.75 Å². The molecular formula is C36H33NO3. The second-order valence-corrected chi connectivity index (χ2v) is 10.4. The Morgan fingerprint density at radius 1 is 0.825 bits per heavy atom. The number of nitrogens with zero attached hydrogens (tertiary/aromatic N) is 1. The third-order valence-corrected chi connectivity index (χ3v) is 7.82. The summed E-state index contributed by atoms with van der Waals surface area (Å²) in [5.74, 6) is 2.84. The number of benzene rings is 3. The number of carbonyl (C=O) groups is 1. The van der Waals surface area contributed by atoms with E-state index in [9.17, 15) is 4.79 Å². The summed E-state index contributed by atoms with van der Waals surface area (Å²) >= 11 is 0. The monoisotopic (exact) mass is 527 g/mol. The van der Waals surface area contributed by atoms with Gasteiger partial charge in [0.05, 0.1) is 0 Å². The number of ketones is 1. The van der Waals surface area contributed by atoms with Gasteiger partial charge in [0.15, 0.2) is 5.78 Å². The molecule has 0 aromatic heterocycles. The van der Waals surface area contributed by atoms with Crippen molar-refractivity contribution in [2.24, 2.45) is 0 Å². The summed E-state index contributed by atoms with van der Waals surface area (Å²) in [6, 6.07) is 24.6. The fourth-order valence-electron chi connectivity index (χ4n) is 5.93. The van der Waals surface area contributed by atoms with Crippen LogP contribution in [-0.2, 0) is 4.74 Å². The van der Waals surface area contributed by atoms with Crippen LogP contribution in [0.5, 0.6) is 5.75 Å². The highest BCUT2D eigenvalue weighted by atomic mass is 16.5. The summed E-state index contributed by atoms with van der Waals surface area (Å²) in [5.41, 5.74) is 7.91. The topological polar surface area (TPSA) is 38.8 Å². The summed E-state index contributed by atoms with van der Waals surface area (Å²) in [5, 5.41) is 0. The smallest absolute Gasteiger partial charge is 0.190 e. The van der Waals surface area contributed by atoms with E-state index in [4.69, 9.17) is 9.47 Å². The second kappa shape index (κ2) is 10.5. The van der Waals surface area contributed by atoms with Crippen molar-refractivity contribution in [1.82, 2.24) is 0 Å². The Labute approximate surface area is 236 Å². The molecule has 1 unspecified atom stereocenters. The third-order valence-electron chi connectivity index (χ3n) is 7.82. The quantitative estimate of drug-likeness (QED) is 0.313. The SMILES string of the molecule is CCN(CC)c1ccc2c(c1)O/C(=C/C1=CC(=C3/C(=O)c4ccccc4C3c3ccccc3)/C=C(C)O1)C=C2C. The van der Waals surface area contributed by atoms with Crippen LogP contribution in [0.2, 0.25) is 0 Å². The summed E-state index contributed by atoms with van der Waals surface area (Å²) in [6.07, 6.45) is 7.88. The molecule has 200 valence electrons. The molecule has 4 nitrogen and oxygen atoms in total. The molecule has 0 amide bonds. The molecule has 3 aromatic carbocycles. The summed E-state index contributed by atoms with van der Waals surface area (Å²) < 4.78 is 12.5. The lowest BCUT2D eigenvalue weighted by Crippen LogP contribution is -2.21. The Bertz CT molecular complexity index is 1650. The van der Waals surface area contributed by atoms with Crippen LogP contribution in [0, 0.1) is 0 Å². The molecule has 0 spiro atoms. The van der Waals surface area contributed by atoms with Gasteiger partial charge in [0.2, 0.25) is 0 Å². The zero-order chi connectivity index (χ0) is 27.8. The molecule has 6 rings (SSSR count). The molecule has 0 bridgehead atoms. The highest BCUT2D eigenvalue weighted by Crippen LogP contribution is 2.45. The number of rotatable bonds is 5. The van der Waals surface area contributed by atoms with E-state index in [0.717, 1.165) is 69.3 Å². The van der Waals surface area contributed by atoms with E-state index in [1.165, 1.54) is 0 Å². The molecule has 3 aromatic rings. The minimum atomic E-state index is -0.134. The highest BCUT2D eigenvalue weighted by molar-refractivity contribution is 6.16. The summed E-state index contributed by atoms with van der Waals surface area (Å²) in [7, 11) is 0. The maximum atomic E-state index is 13.8. The zero-order valence-electron chi connectivity index (χ0n) is 23.4. The normalized spacial score (nSPS) is 20.6. The van der Waals surface area contributed by atoms with E-state index in [-0.39, 0.29) is 11.7 Å². The van der Waals surface area contributed by atoms with Crippen LogP contribution in [0.25, 0.3) is 5.57 Å². The molecule has 0 saturated heterocycles. The van der Waals surface area contributed by atoms with Gasteiger partial charge in [0.1, 0.15) is 23.0 Å². The molecule has 0 fully saturated rings. The average molecular weight is 528 g/mol. The van der Waals surface area contributed by atoms with E-state index in [1.54, 1.807) is 0 Å². The standard InChI is InChI=1S/C36H33NO3/c1-5-37(6-2)27-16-17-30-23(3)18-28(40-33(30)21-27)22-29-20-26(19-24(4)39-29)35-34(25-12-8-7-9-13-25)31-14-10-11-15-32(31)36(35)38/h7-22,34H,5-6H2,1-4H3/b28-22+,35-26+. The predicted molar refractivity (Wildman–Crippen MR) is 161 cm³/mol. The Morgan fingerprint density at radius 2 is 1.57 bits per heavy atom. The van der Waals surface area contributed by atoms with Crippen molar-refractivity contribution < 1.29 is 14.3 Å². The van der Waals surface area contributed by atoms with Gasteiger partial charge in [-0.2, -0.15) is 0 Å². The first-order chi connectivity index (χ1) is 19.5. The van der Waals surface area contributed by atoms with Gasteiger partial charge < -0.3 is 14.4 Å². The van der Waals surface area contributed by atoms with Gasteiger partial charge >= 0.3 is 0 Å². The lowest BCUT2D eigenvalue weighted by atomic mass is 9.86. The highest BCUT2D eigenvalue weighted by Gasteiger charge is 2.37. The van der Waals surface area contributed by atoms with Crippen LogP contribution in [0.1, 0.15) is 60.7 Å². The first kappa shape index (κ1) is 25.7. The number of allylic oxidation sites excluding steroid dienone is 8. The van der Waals surface area contributed by atoms with Crippen molar-refractivity contribution in [3.63, 3.8) is 0 Å². The number of hydrogen-bond donors (Lipinski definition) is 0. The van der Waals surface area contributed by atoms with Crippen molar-refractivity contribution >= 4 is 17.0 Å². The van der Waals surface area contributed by atoms with Crippen LogP contribution in [-0.4, -0.2) is 18.9 Å². The molecule has 1 atom stereocenters. The fourth-order valence-corrected chi connectivity index (χ4v) is 5.93. The summed E-state index contributed by atoms with van der Waals surface area (Å²) in [6.45, 7) is 10.2. The largest absolute Gasteiger partial charge is 0.462 e. The minimum absolute atomic E-state index is 0.0659. The number of ether oxygens (including phenoxy) is 2. The number of anilines is 1. The number of hydrogen-bond acceptors (Lipinski definition) is 4. The first-order valence-corrected chi connectivity index (χ1v) is 13.9. The van der Waals surface area contributed by atoms with Gasteiger partial charge in [-0.3, -0.25) is 4.79 Å². The molecule has 2 heterocycles. The second-order valence-electron chi connectivity index (χ2n) is 10.4. The van der Waals surface area contributed by atoms with E-state index in [0.29, 0.717) is 11.5 Å². The van der Waals surface area contributed by atoms with E-state index >= 15 is 0 Å². The van der Waals surface area contributed by atoms with Crippen molar-refractivity contribution in [2.45, 2.75) is 33.6 Å². The molecule has 0 N–H and O–H groups in total. The van der Waals surface area contributed by atoms with Gasteiger partial charge in [-0.05, 0) is 80.3 Å². The molecule has 0 saturated carbocycles. The Balaban J connectivity index is 1.41. The Kier molecular flexibility index (Phi) is 6.77. The van der Waals surface area contributed by atoms with Crippen molar-refractivity contribution in [3.05, 3.63) is 148 Å². The maximum Gasteiger partial charge on any atom is 0.190 e. The number of Topliss-reactive ketones (excluding diaryl/α,β-unsaturated/α-hetero) is 1. The predicted octanol–water partition coefficient (Wildman–Crippen LogP) is 8.36. The van der Waals surface area contributed by atoms with Crippen molar-refractivity contribution in [1.29, 1.82) is 0 Å². The van der Waals surface area contributed by atoms with Crippen LogP contribution in [0.15, 0.2) is 126 Å². The average Bonchev–Trinajstić information content (AvgIpc) is 3.26. The van der Waals surface area contributed by atoms with E-state index < -0.39 is 0 Å². The number of fused-ring (bicyclic) bond motifs is 2. The maximum absolute atomic E-state index is 13.8. The zero-order valence-corrected chi connectivity index (χ0v) is 23.4. The molecule has 1 aliphatic carbocycles.